The van der Waals surface area contributed by atoms with Crippen LogP contribution in [0.2, 0.25) is 0 Å². The number of piperidine rings is 1. The van der Waals surface area contributed by atoms with E-state index in [1.54, 1.807) is 12.1 Å². The summed E-state index contributed by atoms with van der Waals surface area (Å²) >= 11 is 0. The van der Waals surface area contributed by atoms with Crippen molar-refractivity contribution in [2.75, 3.05) is 37.3 Å². The van der Waals surface area contributed by atoms with Crippen LogP contribution in [0.5, 0.6) is 0 Å². The van der Waals surface area contributed by atoms with Crippen molar-refractivity contribution in [2.45, 2.75) is 89.6 Å². The van der Waals surface area contributed by atoms with Gasteiger partial charge in [-0.2, -0.15) is 13.2 Å². The van der Waals surface area contributed by atoms with Gasteiger partial charge in [0.25, 0.3) is 0 Å². The van der Waals surface area contributed by atoms with Crippen LogP contribution in [-0.2, 0) is 10.2 Å². The van der Waals surface area contributed by atoms with Gasteiger partial charge in [-0.05, 0) is 98.5 Å². The van der Waals surface area contributed by atoms with Crippen LogP contribution >= 0.6 is 0 Å². The average Bonchev–Trinajstić information content (AvgIpc) is 2.80. The topological polar surface area (TPSA) is 78.5 Å². The first-order chi connectivity index (χ1) is 18.1. The largest absolute Gasteiger partial charge is 0.444 e. The molecular formula is C29H42F3N5O2. The van der Waals surface area contributed by atoms with Crippen molar-refractivity contribution >= 4 is 28.4 Å². The lowest BCUT2D eigenvalue weighted by molar-refractivity contribution is -0.180. The number of ether oxygens (including phenoxy) is 1. The number of amides is 1. The molecule has 0 unspecified atom stereocenters. The number of nitrogens with zero attached hydrogens (tertiary/aromatic N) is 2. The van der Waals surface area contributed by atoms with E-state index in [0.29, 0.717) is 17.7 Å². The van der Waals surface area contributed by atoms with Gasteiger partial charge in [0.15, 0.2) is 0 Å². The first-order valence-corrected chi connectivity index (χ1v) is 13.8. The maximum absolute atomic E-state index is 14.2. The molecule has 1 amide bonds. The summed E-state index contributed by atoms with van der Waals surface area (Å²) in [7, 11) is 2.10. The SMILES string of the molecule is CN1CCC(Nc2cccc3c(C(C)(C)C(F)(F)F)nc(NC4CC(CNC(=O)OC(C)(C)C)C4)cc23)CC1. The van der Waals surface area contributed by atoms with E-state index in [1.165, 1.54) is 13.8 Å². The minimum atomic E-state index is -4.46. The Labute approximate surface area is 229 Å². The van der Waals surface area contributed by atoms with Crippen LogP contribution in [0, 0.1) is 5.92 Å². The Hall–Kier alpha value is -2.75. The first-order valence-electron chi connectivity index (χ1n) is 13.8. The number of hydrogen-bond donors (Lipinski definition) is 3. The standard InChI is InChI=1S/C29H42F3N5O2/c1-27(2,3)39-26(38)33-17-18-14-20(15-18)35-24-16-22-21(25(36-24)28(4,5)29(30,31)32)8-7-9-23(22)34-19-10-12-37(6)13-11-19/h7-9,16,18-20,34H,10-15,17H2,1-6H3,(H,33,38)(H,35,36). The molecule has 216 valence electrons. The average molecular weight is 550 g/mol. The van der Waals surface area contributed by atoms with Crippen molar-refractivity contribution in [1.29, 1.82) is 0 Å². The lowest BCUT2D eigenvalue weighted by Gasteiger charge is -2.37. The highest BCUT2D eigenvalue weighted by Crippen LogP contribution is 2.44. The molecule has 2 fully saturated rings. The number of nitrogens with one attached hydrogen (secondary N) is 3. The Morgan fingerprint density at radius 2 is 1.69 bits per heavy atom. The van der Waals surface area contributed by atoms with Gasteiger partial charge in [0, 0.05) is 35.1 Å². The van der Waals surface area contributed by atoms with Gasteiger partial charge in [-0.3, -0.25) is 0 Å². The van der Waals surface area contributed by atoms with Crippen LogP contribution in [0.3, 0.4) is 0 Å². The Morgan fingerprint density at radius 1 is 1.03 bits per heavy atom. The van der Waals surface area contributed by atoms with Crippen molar-refractivity contribution in [3.63, 3.8) is 0 Å². The lowest BCUT2D eigenvalue weighted by atomic mass is 9.80. The smallest absolute Gasteiger partial charge is 0.407 e. The molecule has 2 heterocycles. The number of benzene rings is 1. The minimum Gasteiger partial charge on any atom is -0.444 e. The molecule has 2 aliphatic rings. The van der Waals surface area contributed by atoms with Gasteiger partial charge >= 0.3 is 12.3 Å². The molecule has 0 spiro atoms. The number of fused-ring (bicyclic) bond motifs is 1. The number of carbonyl (C=O) groups is 1. The third kappa shape index (κ3) is 7.07. The van der Waals surface area contributed by atoms with Crippen LogP contribution in [0.4, 0.5) is 29.5 Å². The zero-order valence-corrected chi connectivity index (χ0v) is 23.8. The summed E-state index contributed by atoms with van der Waals surface area (Å²) in [6, 6.07) is 7.68. The second-order valence-electron chi connectivity index (χ2n) is 12.7. The number of hydrogen-bond acceptors (Lipinski definition) is 6. The van der Waals surface area contributed by atoms with Crippen LogP contribution in [0.1, 0.15) is 66.0 Å². The van der Waals surface area contributed by atoms with E-state index in [4.69, 9.17) is 4.74 Å². The van der Waals surface area contributed by atoms with E-state index in [9.17, 15) is 18.0 Å². The summed E-state index contributed by atoms with van der Waals surface area (Å²) < 4.78 is 47.9. The number of likely N-dealkylation sites (tertiary alicyclic amines) is 1. The highest BCUT2D eigenvalue weighted by molar-refractivity contribution is 5.97. The summed E-state index contributed by atoms with van der Waals surface area (Å²) in [4.78, 5) is 18.8. The third-order valence-electron chi connectivity index (χ3n) is 7.78. The molecule has 1 aliphatic heterocycles. The van der Waals surface area contributed by atoms with Gasteiger partial charge in [0.05, 0.1) is 5.69 Å². The number of alkyl carbamates (subject to hydrolysis) is 1. The number of halogens is 3. The van der Waals surface area contributed by atoms with Crippen molar-refractivity contribution in [2.24, 2.45) is 5.92 Å². The maximum Gasteiger partial charge on any atom is 0.407 e. The summed E-state index contributed by atoms with van der Waals surface area (Å²) in [5.41, 5.74) is -1.84. The Morgan fingerprint density at radius 3 is 2.31 bits per heavy atom. The van der Waals surface area contributed by atoms with Crippen LogP contribution in [-0.4, -0.2) is 66.5 Å². The molecular weight excluding hydrogens is 507 g/mol. The van der Waals surface area contributed by atoms with Gasteiger partial charge in [0.1, 0.15) is 16.8 Å². The molecule has 39 heavy (non-hydrogen) atoms. The Bertz CT molecular complexity index is 1160. The highest BCUT2D eigenvalue weighted by Gasteiger charge is 2.50. The van der Waals surface area contributed by atoms with Gasteiger partial charge < -0.3 is 25.6 Å². The molecule has 0 bridgehead atoms. The van der Waals surface area contributed by atoms with E-state index in [-0.39, 0.29) is 23.7 Å². The minimum absolute atomic E-state index is 0.0180. The monoisotopic (exact) mass is 549 g/mol. The second kappa shape index (κ2) is 11.0. The number of pyridine rings is 1. The van der Waals surface area contributed by atoms with E-state index in [1.807, 2.05) is 32.9 Å². The molecule has 1 saturated heterocycles. The van der Waals surface area contributed by atoms with Crippen molar-refractivity contribution in [1.82, 2.24) is 15.2 Å². The normalized spacial score (nSPS) is 21.4. The summed E-state index contributed by atoms with van der Waals surface area (Å²) in [5, 5.41) is 11.0. The maximum atomic E-state index is 14.2. The summed E-state index contributed by atoms with van der Waals surface area (Å²) in [6.45, 7) is 10.3. The Kier molecular flexibility index (Phi) is 8.26. The highest BCUT2D eigenvalue weighted by atomic mass is 19.4. The van der Waals surface area contributed by atoms with Crippen LogP contribution in [0.25, 0.3) is 10.8 Å². The molecule has 0 atom stereocenters. The fourth-order valence-corrected chi connectivity index (χ4v) is 5.23. The van der Waals surface area contributed by atoms with Crippen LogP contribution in [0.15, 0.2) is 24.3 Å². The quantitative estimate of drug-likeness (QED) is 0.377. The number of anilines is 2. The number of rotatable bonds is 7. The molecule has 0 radical (unpaired) electrons. The fourth-order valence-electron chi connectivity index (χ4n) is 5.23. The third-order valence-corrected chi connectivity index (χ3v) is 7.78. The van der Waals surface area contributed by atoms with Gasteiger partial charge in [-0.1, -0.05) is 12.1 Å². The van der Waals surface area contributed by atoms with Crippen molar-refractivity contribution in [3.05, 3.63) is 30.0 Å². The van der Waals surface area contributed by atoms with Gasteiger partial charge in [-0.15, -0.1) is 0 Å². The second-order valence-corrected chi connectivity index (χ2v) is 12.7. The number of alkyl halides is 3. The van der Waals surface area contributed by atoms with Gasteiger partial charge in [-0.25, -0.2) is 9.78 Å². The zero-order valence-electron chi connectivity index (χ0n) is 23.8. The molecule has 1 aromatic heterocycles. The number of aromatic nitrogens is 1. The van der Waals surface area contributed by atoms with Gasteiger partial charge in [0.2, 0.25) is 0 Å². The van der Waals surface area contributed by atoms with Crippen molar-refractivity contribution < 1.29 is 22.7 Å². The molecule has 3 N–H and O–H groups in total. The summed E-state index contributed by atoms with van der Waals surface area (Å²) in [5.74, 6) is 0.708. The Balaban J connectivity index is 1.53. The lowest BCUT2D eigenvalue weighted by Crippen LogP contribution is -2.43. The molecule has 1 saturated carbocycles. The molecule has 1 aliphatic carbocycles. The van der Waals surface area contributed by atoms with E-state index in [0.717, 1.165) is 49.8 Å². The molecule has 10 heteroatoms. The van der Waals surface area contributed by atoms with E-state index >= 15 is 0 Å². The predicted octanol–water partition coefficient (Wildman–Crippen LogP) is 6.30. The molecule has 4 rings (SSSR count). The first kappa shape index (κ1) is 29.2. The fraction of sp³-hybridized carbons (Fsp3) is 0.655. The van der Waals surface area contributed by atoms with Crippen molar-refractivity contribution in [3.8, 4) is 0 Å². The predicted molar refractivity (Wildman–Crippen MR) is 149 cm³/mol. The molecule has 7 nitrogen and oxygen atoms in total. The zero-order chi connectivity index (χ0) is 28.6. The van der Waals surface area contributed by atoms with E-state index in [2.05, 4.69) is 32.9 Å². The number of carbonyl (C=O) groups excluding carboxylic acids is 1. The molecule has 1 aromatic carbocycles. The summed E-state index contributed by atoms with van der Waals surface area (Å²) in [6.07, 6.45) is -1.39. The van der Waals surface area contributed by atoms with Crippen LogP contribution < -0.4 is 16.0 Å². The van der Waals surface area contributed by atoms with E-state index < -0.39 is 23.3 Å². The molecule has 2 aromatic rings.